The number of nitrogens with zero attached hydrogens (tertiary/aromatic N) is 2. The van der Waals surface area contributed by atoms with Crippen LogP contribution in [0.15, 0.2) is 0 Å². The van der Waals surface area contributed by atoms with Crippen LogP contribution in [0.25, 0.3) is 0 Å². The van der Waals surface area contributed by atoms with Crippen molar-refractivity contribution in [1.82, 2.24) is 10.2 Å². The van der Waals surface area contributed by atoms with Crippen LogP contribution in [0.1, 0.15) is 6.42 Å². The summed E-state index contributed by atoms with van der Waals surface area (Å²) < 4.78 is 4.73. The number of ether oxygens (including phenoxy) is 1. The molecule has 1 N–H and O–H groups in total. The van der Waals surface area contributed by atoms with Crippen molar-refractivity contribution in [2.24, 2.45) is 5.92 Å². The Morgan fingerprint density at radius 2 is 2.40 bits per heavy atom. The van der Waals surface area contributed by atoms with Crippen molar-refractivity contribution in [3.63, 3.8) is 0 Å². The van der Waals surface area contributed by atoms with Crippen LogP contribution in [0, 0.1) is 17.2 Å². The Bertz CT molecular complexity index is 262. The fourth-order valence-corrected chi connectivity index (χ4v) is 1.97. The van der Waals surface area contributed by atoms with Gasteiger partial charge in [-0.25, -0.2) is 0 Å². The number of rotatable bonds is 3. The van der Waals surface area contributed by atoms with Crippen LogP contribution in [-0.2, 0) is 9.53 Å². The van der Waals surface area contributed by atoms with E-state index in [1.807, 2.05) is 11.9 Å². The Morgan fingerprint density at radius 1 is 1.67 bits per heavy atom. The van der Waals surface area contributed by atoms with Crippen molar-refractivity contribution in [3.05, 3.63) is 0 Å². The Morgan fingerprint density at radius 3 is 2.93 bits per heavy atom. The van der Waals surface area contributed by atoms with Crippen LogP contribution >= 0.6 is 0 Å². The lowest BCUT2D eigenvalue weighted by atomic mass is 9.94. The van der Waals surface area contributed by atoms with Crippen LogP contribution in [0.5, 0.6) is 0 Å². The summed E-state index contributed by atoms with van der Waals surface area (Å²) in [6.45, 7) is 1.81. The van der Waals surface area contributed by atoms with Crippen LogP contribution < -0.4 is 5.32 Å². The second-order valence-corrected chi connectivity index (χ2v) is 3.79. The van der Waals surface area contributed by atoms with E-state index in [0.29, 0.717) is 13.1 Å². The Hall–Kier alpha value is -1.12. The fourth-order valence-electron chi connectivity index (χ4n) is 1.97. The molecule has 2 atom stereocenters. The zero-order valence-corrected chi connectivity index (χ0v) is 9.19. The predicted octanol–water partition coefficient (Wildman–Crippen LogP) is -0.407. The molecule has 1 aliphatic rings. The molecular formula is C10H17N3O2. The fraction of sp³-hybridized carbons (Fsp3) is 0.800. The summed E-state index contributed by atoms with van der Waals surface area (Å²) in [5, 5.41) is 11.8. The van der Waals surface area contributed by atoms with Crippen LogP contribution in [-0.4, -0.2) is 50.7 Å². The van der Waals surface area contributed by atoms with Gasteiger partial charge in [-0.15, -0.1) is 0 Å². The summed E-state index contributed by atoms with van der Waals surface area (Å²) in [5.74, 6) is -0.299. The van der Waals surface area contributed by atoms with Gasteiger partial charge in [-0.2, -0.15) is 5.26 Å². The highest BCUT2D eigenvalue weighted by Crippen LogP contribution is 2.17. The van der Waals surface area contributed by atoms with Crippen LogP contribution in [0.2, 0.25) is 0 Å². The molecule has 84 valence electrons. The number of hydrogen-bond donors (Lipinski definition) is 1. The first kappa shape index (κ1) is 12.0. The first-order valence-electron chi connectivity index (χ1n) is 5.05. The number of esters is 1. The maximum Gasteiger partial charge on any atom is 0.310 e. The van der Waals surface area contributed by atoms with Gasteiger partial charge in [0.05, 0.1) is 25.6 Å². The molecule has 15 heavy (non-hydrogen) atoms. The summed E-state index contributed by atoms with van der Waals surface area (Å²) in [4.78, 5) is 13.4. The number of carbonyl (C=O) groups is 1. The minimum Gasteiger partial charge on any atom is -0.469 e. The number of nitriles is 1. The molecule has 1 rings (SSSR count). The van der Waals surface area contributed by atoms with Gasteiger partial charge in [-0.1, -0.05) is 0 Å². The minimum absolute atomic E-state index is 0.116. The average molecular weight is 211 g/mol. The summed E-state index contributed by atoms with van der Waals surface area (Å²) in [5.41, 5.74) is 0. The van der Waals surface area contributed by atoms with Crippen molar-refractivity contribution >= 4 is 5.97 Å². The highest BCUT2D eigenvalue weighted by molar-refractivity contribution is 5.72. The van der Waals surface area contributed by atoms with Crippen molar-refractivity contribution in [2.45, 2.75) is 12.5 Å². The van der Waals surface area contributed by atoms with Gasteiger partial charge in [0.25, 0.3) is 0 Å². The third-order valence-electron chi connectivity index (χ3n) is 2.76. The SMILES string of the molecule is CNC1CC(C(=O)OC)CN(CC#N)C1. The molecule has 2 unspecified atom stereocenters. The molecule has 0 aromatic heterocycles. The van der Waals surface area contributed by atoms with Gasteiger partial charge in [0, 0.05) is 19.1 Å². The topological polar surface area (TPSA) is 65.4 Å². The van der Waals surface area contributed by atoms with Crippen molar-refractivity contribution in [2.75, 3.05) is 33.8 Å². The van der Waals surface area contributed by atoms with Gasteiger partial charge in [-0.05, 0) is 13.5 Å². The number of likely N-dealkylation sites (N-methyl/N-ethyl adjacent to an activating group) is 1. The number of methoxy groups -OCH3 is 1. The van der Waals surface area contributed by atoms with E-state index in [2.05, 4.69) is 11.4 Å². The van der Waals surface area contributed by atoms with Gasteiger partial charge in [0.1, 0.15) is 0 Å². The Balaban J connectivity index is 2.59. The maximum atomic E-state index is 11.4. The summed E-state index contributed by atoms with van der Waals surface area (Å²) >= 11 is 0. The highest BCUT2D eigenvalue weighted by atomic mass is 16.5. The van der Waals surface area contributed by atoms with E-state index in [1.54, 1.807) is 0 Å². The van der Waals surface area contributed by atoms with Crippen molar-refractivity contribution < 1.29 is 9.53 Å². The smallest absolute Gasteiger partial charge is 0.310 e. The van der Waals surface area contributed by atoms with Crippen molar-refractivity contribution in [3.8, 4) is 6.07 Å². The Kier molecular flexibility index (Phi) is 4.53. The van der Waals surface area contributed by atoms with Gasteiger partial charge in [0.15, 0.2) is 0 Å². The molecule has 0 saturated carbocycles. The molecule has 1 aliphatic heterocycles. The normalized spacial score (nSPS) is 27.0. The minimum atomic E-state index is -0.183. The molecule has 1 fully saturated rings. The lowest BCUT2D eigenvalue weighted by Crippen LogP contribution is -2.50. The number of likely N-dealkylation sites (tertiary alicyclic amines) is 1. The molecule has 0 aliphatic carbocycles. The third-order valence-corrected chi connectivity index (χ3v) is 2.76. The van der Waals surface area contributed by atoms with E-state index in [9.17, 15) is 4.79 Å². The lowest BCUT2D eigenvalue weighted by molar-refractivity contribution is -0.147. The average Bonchev–Trinajstić information content (AvgIpc) is 2.28. The largest absolute Gasteiger partial charge is 0.469 e. The first-order chi connectivity index (χ1) is 7.21. The second-order valence-electron chi connectivity index (χ2n) is 3.79. The van der Waals surface area contributed by atoms with Crippen molar-refractivity contribution in [1.29, 1.82) is 5.26 Å². The van der Waals surface area contributed by atoms with E-state index < -0.39 is 0 Å². The number of piperidine rings is 1. The molecule has 5 nitrogen and oxygen atoms in total. The number of carbonyl (C=O) groups excluding carboxylic acids is 1. The third kappa shape index (κ3) is 3.18. The van der Waals surface area contributed by atoms with E-state index in [-0.39, 0.29) is 17.9 Å². The van der Waals surface area contributed by atoms with Gasteiger partial charge in [-0.3, -0.25) is 9.69 Å². The number of hydrogen-bond acceptors (Lipinski definition) is 5. The monoisotopic (exact) mass is 211 g/mol. The van der Waals surface area contributed by atoms with E-state index in [4.69, 9.17) is 10.00 Å². The predicted molar refractivity (Wildman–Crippen MR) is 55.0 cm³/mol. The van der Waals surface area contributed by atoms with Gasteiger partial charge < -0.3 is 10.1 Å². The molecule has 0 aromatic carbocycles. The Labute approximate surface area is 90.0 Å². The molecule has 0 aromatic rings. The standard InChI is InChI=1S/C10H17N3O2/c1-12-9-5-8(10(14)15-2)6-13(7-9)4-3-11/h8-9,12H,4-7H2,1-2H3. The van der Waals surface area contributed by atoms with Crippen LogP contribution in [0.4, 0.5) is 0 Å². The quantitative estimate of drug-likeness (QED) is 0.508. The summed E-state index contributed by atoms with van der Waals surface area (Å²) in [6.07, 6.45) is 0.783. The maximum absolute atomic E-state index is 11.4. The van der Waals surface area contributed by atoms with E-state index >= 15 is 0 Å². The van der Waals surface area contributed by atoms with E-state index in [0.717, 1.165) is 13.0 Å². The molecule has 0 radical (unpaired) electrons. The van der Waals surface area contributed by atoms with Gasteiger partial charge >= 0.3 is 5.97 Å². The number of nitrogens with one attached hydrogen (secondary N) is 1. The molecular weight excluding hydrogens is 194 g/mol. The molecule has 5 heteroatoms. The summed E-state index contributed by atoms with van der Waals surface area (Å²) in [6, 6.07) is 2.37. The zero-order chi connectivity index (χ0) is 11.3. The molecule has 0 spiro atoms. The molecule has 1 saturated heterocycles. The van der Waals surface area contributed by atoms with Crippen LogP contribution in [0.3, 0.4) is 0 Å². The second kappa shape index (κ2) is 5.69. The molecule has 0 amide bonds. The molecule has 1 heterocycles. The lowest BCUT2D eigenvalue weighted by Gasteiger charge is -2.35. The summed E-state index contributed by atoms with van der Waals surface area (Å²) in [7, 11) is 3.27. The highest BCUT2D eigenvalue weighted by Gasteiger charge is 2.31. The molecule has 0 bridgehead atoms. The van der Waals surface area contributed by atoms with E-state index in [1.165, 1.54) is 7.11 Å². The zero-order valence-electron chi connectivity index (χ0n) is 9.19. The first-order valence-corrected chi connectivity index (χ1v) is 5.05. The van der Waals surface area contributed by atoms with Gasteiger partial charge in [0.2, 0.25) is 0 Å².